The zero-order chi connectivity index (χ0) is 12.4. The first-order valence-electron chi connectivity index (χ1n) is 4.97. The predicted molar refractivity (Wildman–Crippen MR) is 56.8 cm³/mol. The molecule has 0 radical (unpaired) electrons. The summed E-state index contributed by atoms with van der Waals surface area (Å²) in [5, 5.41) is 8.95. The van der Waals surface area contributed by atoms with E-state index in [9.17, 15) is 4.79 Å². The van der Waals surface area contributed by atoms with Crippen LogP contribution in [0.15, 0.2) is 16.9 Å². The summed E-state index contributed by atoms with van der Waals surface area (Å²) in [6, 6.07) is 0. The highest BCUT2D eigenvalue weighted by atomic mass is 16.6. The molecule has 2 aromatic heterocycles. The first kappa shape index (κ1) is 11.2. The Morgan fingerprint density at radius 2 is 2.41 bits per heavy atom. The highest BCUT2D eigenvalue weighted by Crippen LogP contribution is 2.26. The van der Waals surface area contributed by atoms with E-state index in [-0.39, 0.29) is 17.5 Å². The van der Waals surface area contributed by atoms with E-state index >= 15 is 0 Å². The van der Waals surface area contributed by atoms with Crippen LogP contribution in [0.4, 0.5) is 0 Å². The third-order valence-electron chi connectivity index (χ3n) is 2.11. The minimum atomic E-state index is -1.19. The van der Waals surface area contributed by atoms with E-state index < -0.39 is 5.97 Å². The fourth-order valence-corrected chi connectivity index (χ4v) is 1.34. The van der Waals surface area contributed by atoms with Crippen LogP contribution in [-0.4, -0.2) is 32.2 Å². The Labute approximate surface area is 96.7 Å². The molecule has 0 unspecified atom stereocenters. The van der Waals surface area contributed by atoms with Crippen molar-refractivity contribution in [2.24, 2.45) is 7.05 Å². The fourth-order valence-electron chi connectivity index (χ4n) is 1.34. The van der Waals surface area contributed by atoms with Gasteiger partial charge in [-0.3, -0.25) is 0 Å². The Bertz CT molecular complexity index is 543. The lowest BCUT2D eigenvalue weighted by Gasteiger charge is -1.97. The third kappa shape index (κ3) is 1.99. The van der Waals surface area contributed by atoms with Gasteiger partial charge in [-0.1, -0.05) is 0 Å². The van der Waals surface area contributed by atoms with E-state index in [2.05, 4.69) is 9.97 Å². The summed E-state index contributed by atoms with van der Waals surface area (Å²) in [4.78, 5) is 18.7. The highest BCUT2D eigenvalue weighted by Gasteiger charge is 2.22. The molecule has 0 bridgehead atoms. The number of oxazole rings is 1. The number of ether oxygens (including phenoxy) is 1. The Hall–Kier alpha value is -2.31. The molecule has 0 aromatic carbocycles. The summed E-state index contributed by atoms with van der Waals surface area (Å²) < 4.78 is 12.0. The smallest absolute Gasteiger partial charge is 0.362 e. The molecule has 0 aliphatic carbocycles. The van der Waals surface area contributed by atoms with Crippen LogP contribution in [0.3, 0.4) is 0 Å². The summed E-state index contributed by atoms with van der Waals surface area (Å²) in [6.07, 6.45) is 3.10. The number of nitrogens with zero attached hydrogens (tertiary/aromatic N) is 3. The van der Waals surface area contributed by atoms with Crippen LogP contribution in [0, 0.1) is 0 Å². The van der Waals surface area contributed by atoms with E-state index in [0.29, 0.717) is 12.3 Å². The number of hydrogen-bond donors (Lipinski definition) is 1. The molecule has 0 spiro atoms. The number of aromatic nitrogens is 3. The molecule has 7 nitrogen and oxygen atoms in total. The second kappa shape index (κ2) is 4.28. The van der Waals surface area contributed by atoms with Gasteiger partial charge in [-0.05, 0) is 6.92 Å². The first-order chi connectivity index (χ1) is 8.13. The zero-order valence-corrected chi connectivity index (χ0v) is 9.38. The monoisotopic (exact) mass is 237 g/mol. The summed E-state index contributed by atoms with van der Waals surface area (Å²) in [6.45, 7) is 2.04. The molecule has 2 rings (SSSR count). The Morgan fingerprint density at radius 3 is 2.94 bits per heavy atom. The topological polar surface area (TPSA) is 90.4 Å². The first-order valence-corrected chi connectivity index (χ1v) is 4.97. The van der Waals surface area contributed by atoms with Crippen LogP contribution in [0.2, 0.25) is 0 Å². The maximum absolute atomic E-state index is 10.9. The van der Waals surface area contributed by atoms with Gasteiger partial charge in [0.15, 0.2) is 0 Å². The highest BCUT2D eigenvalue weighted by molar-refractivity contribution is 5.88. The van der Waals surface area contributed by atoms with Gasteiger partial charge in [0.25, 0.3) is 0 Å². The normalized spacial score (nSPS) is 10.5. The minimum absolute atomic E-state index is 0.0869. The molecule has 17 heavy (non-hydrogen) atoms. The number of aromatic carboxylic acids is 1. The van der Waals surface area contributed by atoms with Crippen LogP contribution in [-0.2, 0) is 7.05 Å². The number of hydrogen-bond acceptors (Lipinski definition) is 5. The van der Waals surface area contributed by atoms with Crippen LogP contribution >= 0.6 is 0 Å². The van der Waals surface area contributed by atoms with Crippen molar-refractivity contribution in [3.05, 3.63) is 18.2 Å². The molecule has 0 saturated heterocycles. The second-order valence-corrected chi connectivity index (χ2v) is 3.28. The molecule has 0 atom stereocenters. The van der Waals surface area contributed by atoms with Gasteiger partial charge in [0, 0.05) is 7.05 Å². The van der Waals surface area contributed by atoms with E-state index in [1.807, 2.05) is 0 Å². The van der Waals surface area contributed by atoms with Gasteiger partial charge in [-0.25, -0.2) is 9.78 Å². The maximum Gasteiger partial charge on any atom is 0.362 e. The molecule has 0 aliphatic rings. The molecule has 0 aliphatic heterocycles. The summed E-state index contributed by atoms with van der Waals surface area (Å²) >= 11 is 0. The van der Waals surface area contributed by atoms with E-state index in [1.54, 1.807) is 24.9 Å². The van der Waals surface area contributed by atoms with Gasteiger partial charge >= 0.3 is 11.9 Å². The Kier molecular flexibility index (Phi) is 2.82. The van der Waals surface area contributed by atoms with E-state index in [0.717, 1.165) is 0 Å². The SMILES string of the molecule is CCOc1oc(-c2cncn2C)nc1C(=O)O. The third-order valence-corrected chi connectivity index (χ3v) is 2.11. The van der Waals surface area contributed by atoms with Gasteiger partial charge in [0.2, 0.25) is 11.6 Å². The average molecular weight is 237 g/mol. The van der Waals surface area contributed by atoms with Crippen LogP contribution in [0.25, 0.3) is 11.6 Å². The van der Waals surface area contributed by atoms with Gasteiger partial charge in [-0.2, -0.15) is 4.98 Å². The van der Waals surface area contributed by atoms with Crippen molar-refractivity contribution < 1.29 is 19.1 Å². The van der Waals surface area contributed by atoms with Crippen molar-refractivity contribution in [3.8, 4) is 17.5 Å². The van der Waals surface area contributed by atoms with Crippen LogP contribution < -0.4 is 4.74 Å². The molecular formula is C10H11N3O4. The lowest BCUT2D eigenvalue weighted by atomic mass is 10.4. The number of carboxylic acids is 1. The lowest BCUT2D eigenvalue weighted by molar-refractivity contribution is 0.0683. The maximum atomic E-state index is 10.9. The van der Waals surface area contributed by atoms with Crippen LogP contribution in [0.5, 0.6) is 5.95 Å². The van der Waals surface area contributed by atoms with Crippen molar-refractivity contribution in [3.63, 3.8) is 0 Å². The molecule has 0 saturated carbocycles. The summed E-state index contributed by atoms with van der Waals surface area (Å²) in [5.41, 5.74) is 0.349. The second-order valence-electron chi connectivity index (χ2n) is 3.28. The molecule has 2 heterocycles. The number of imidazole rings is 1. The minimum Gasteiger partial charge on any atom is -0.476 e. The van der Waals surface area contributed by atoms with Gasteiger partial charge < -0.3 is 18.8 Å². The molecule has 90 valence electrons. The fraction of sp³-hybridized carbons (Fsp3) is 0.300. The molecule has 1 N–H and O–H groups in total. The number of carboxylic acid groups (broad SMARTS) is 1. The zero-order valence-electron chi connectivity index (χ0n) is 9.38. The number of rotatable bonds is 4. The predicted octanol–water partition coefficient (Wildman–Crippen LogP) is 1.17. The van der Waals surface area contributed by atoms with E-state index in [4.69, 9.17) is 14.3 Å². The van der Waals surface area contributed by atoms with Gasteiger partial charge in [0.1, 0.15) is 5.69 Å². The molecule has 0 amide bonds. The molecule has 0 fully saturated rings. The summed E-state index contributed by atoms with van der Waals surface area (Å²) in [5.74, 6) is -1.10. The quantitative estimate of drug-likeness (QED) is 0.858. The Morgan fingerprint density at radius 1 is 1.65 bits per heavy atom. The van der Waals surface area contributed by atoms with Gasteiger partial charge in [-0.15, -0.1) is 0 Å². The van der Waals surface area contributed by atoms with Crippen LogP contribution in [0.1, 0.15) is 17.4 Å². The molecule has 7 heteroatoms. The number of carbonyl (C=O) groups is 1. The molecule has 2 aromatic rings. The van der Waals surface area contributed by atoms with Crippen molar-refractivity contribution >= 4 is 5.97 Å². The van der Waals surface area contributed by atoms with Crippen molar-refractivity contribution in [2.45, 2.75) is 6.92 Å². The summed E-state index contributed by atoms with van der Waals surface area (Å²) in [7, 11) is 1.76. The Balaban J connectivity index is 2.47. The molecular weight excluding hydrogens is 226 g/mol. The largest absolute Gasteiger partial charge is 0.476 e. The van der Waals surface area contributed by atoms with Crippen molar-refractivity contribution in [1.82, 2.24) is 14.5 Å². The van der Waals surface area contributed by atoms with Crippen molar-refractivity contribution in [2.75, 3.05) is 6.61 Å². The number of aryl methyl sites for hydroxylation is 1. The standard InChI is InChI=1S/C10H11N3O4/c1-3-16-10-7(9(14)15)12-8(17-10)6-4-11-5-13(6)2/h4-5H,3H2,1-2H3,(H,14,15). The van der Waals surface area contributed by atoms with Gasteiger partial charge in [0.05, 0.1) is 19.1 Å². The van der Waals surface area contributed by atoms with Crippen molar-refractivity contribution in [1.29, 1.82) is 0 Å². The van der Waals surface area contributed by atoms with E-state index in [1.165, 1.54) is 6.20 Å². The lowest BCUT2D eigenvalue weighted by Crippen LogP contribution is -2.01. The average Bonchev–Trinajstić information content (AvgIpc) is 2.84.